The molecule has 20 heavy (non-hydrogen) atoms. The van der Waals surface area contributed by atoms with E-state index in [-0.39, 0.29) is 4.90 Å². The molecule has 0 amide bonds. The quantitative estimate of drug-likeness (QED) is 0.867. The van der Waals surface area contributed by atoms with Crippen LogP contribution in [0.15, 0.2) is 57.9 Å². The molecule has 0 fully saturated rings. The zero-order valence-corrected chi connectivity index (χ0v) is 13.3. The normalized spacial score (nSPS) is 11.3. The third-order valence-electron chi connectivity index (χ3n) is 2.69. The van der Waals surface area contributed by atoms with Crippen molar-refractivity contribution < 1.29 is 8.42 Å². The molecule has 4 nitrogen and oxygen atoms in total. The molecule has 0 bridgehead atoms. The lowest BCUT2D eigenvalue weighted by atomic mass is 10.2. The molecule has 0 aliphatic carbocycles. The highest BCUT2D eigenvalue weighted by atomic mass is 79.9. The summed E-state index contributed by atoms with van der Waals surface area (Å²) in [6.45, 7) is 0.685. The van der Waals surface area contributed by atoms with Crippen LogP contribution in [0.3, 0.4) is 0 Å². The van der Waals surface area contributed by atoms with Gasteiger partial charge < -0.3 is 5.32 Å². The van der Waals surface area contributed by atoms with Crippen LogP contribution in [0.4, 0.5) is 5.69 Å². The number of anilines is 1. The maximum atomic E-state index is 12.3. The van der Waals surface area contributed by atoms with Gasteiger partial charge in [-0.3, -0.25) is 4.72 Å². The van der Waals surface area contributed by atoms with E-state index in [1.54, 1.807) is 30.3 Å². The number of rotatable bonds is 5. The van der Waals surface area contributed by atoms with Gasteiger partial charge in [-0.2, -0.15) is 0 Å². The fourth-order valence-corrected chi connectivity index (χ4v) is 3.88. The van der Waals surface area contributed by atoms with Crippen molar-refractivity contribution in [3.05, 3.63) is 58.6 Å². The maximum Gasteiger partial charge on any atom is 0.263 e. The van der Waals surface area contributed by atoms with E-state index in [2.05, 4.69) is 26.0 Å². The molecule has 2 aromatic carbocycles. The van der Waals surface area contributed by atoms with Crippen LogP contribution in [0, 0.1) is 0 Å². The number of nitrogens with one attached hydrogen (secondary N) is 2. The number of hydrogen-bond donors (Lipinski definition) is 2. The monoisotopic (exact) mass is 354 g/mol. The summed E-state index contributed by atoms with van der Waals surface area (Å²) < 4.78 is 27.8. The Morgan fingerprint density at radius 2 is 1.85 bits per heavy atom. The van der Waals surface area contributed by atoms with E-state index in [0.29, 0.717) is 16.7 Å². The minimum atomic E-state index is -3.59. The first-order chi connectivity index (χ1) is 9.53. The van der Waals surface area contributed by atoms with Gasteiger partial charge in [-0.15, -0.1) is 0 Å². The van der Waals surface area contributed by atoms with Gasteiger partial charge in [-0.05, 0) is 52.8 Å². The first-order valence-corrected chi connectivity index (χ1v) is 8.31. The van der Waals surface area contributed by atoms with Crippen LogP contribution in [-0.4, -0.2) is 15.5 Å². The molecule has 2 aromatic rings. The second-order valence-electron chi connectivity index (χ2n) is 4.27. The molecule has 0 aliphatic heterocycles. The first-order valence-electron chi connectivity index (χ1n) is 6.04. The van der Waals surface area contributed by atoms with Crippen LogP contribution in [0.25, 0.3) is 0 Å². The predicted octanol–water partition coefficient (Wildman–Crippen LogP) is 2.97. The van der Waals surface area contributed by atoms with Gasteiger partial charge in [0.25, 0.3) is 10.0 Å². The highest BCUT2D eigenvalue weighted by molar-refractivity contribution is 9.10. The van der Waals surface area contributed by atoms with Gasteiger partial charge in [0.2, 0.25) is 0 Å². The highest BCUT2D eigenvalue weighted by Gasteiger charge is 2.17. The van der Waals surface area contributed by atoms with Crippen LogP contribution in [0.5, 0.6) is 0 Å². The van der Waals surface area contributed by atoms with Gasteiger partial charge in [0, 0.05) is 16.7 Å². The molecule has 0 saturated heterocycles. The van der Waals surface area contributed by atoms with Gasteiger partial charge in [0.05, 0.1) is 0 Å². The molecular weight excluding hydrogens is 340 g/mol. The van der Waals surface area contributed by atoms with Crippen LogP contribution < -0.4 is 10.0 Å². The van der Waals surface area contributed by atoms with Crippen LogP contribution in [-0.2, 0) is 16.6 Å². The second-order valence-corrected chi connectivity index (χ2v) is 6.77. The average Bonchev–Trinajstić information content (AvgIpc) is 2.39. The fourth-order valence-electron chi connectivity index (χ4n) is 1.82. The molecule has 0 heterocycles. The molecule has 0 atom stereocenters. The lowest BCUT2D eigenvalue weighted by molar-refractivity contribution is 0.601. The summed E-state index contributed by atoms with van der Waals surface area (Å²) in [4.78, 5) is 0.221. The van der Waals surface area contributed by atoms with Gasteiger partial charge in [0.1, 0.15) is 4.90 Å². The summed E-state index contributed by atoms with van der Waals surface area (Å²) in [7, 11) is -1.75. The third kappa shape index (κ3) is 3.59. The van der Waals surface area contributed by atoms with Gasteiger partial charge in [-0.1, -0.05) is 24.3 Å². The van der Waals surface area contributed by atoms with Crippen LogP contribution in [0.2, 0.25) is 0 Å². The number of benzene rings is 2. The number of hydrogen-bond acceptors (Lipinski definition) is 3. The Morgan fingerprint density at radius 1 is 1.10 bits per heavy atom. The average molecular weight is 355 g/mol. The van der Waals surface area contributed by atoms with Gasteiger partial charge in [0.15, 0.2) is 0 Å². The predicted molar refractivity (Wildman–Crippen MR) is 84.2 cm³/mol. The van der Waals surface area contributed by atoms with Crippen molar-refractivity contribution in [2.45, 2.75) is 11.4 Å². The molecule has 6 heteroatoms. The zero-order chi connectivity index (χ0) is 14.6. The Labute approximate surface area is 127 Å². The van der Waals surface area contributed by atoms with E-state index in [9.17, 15) is 8.42 Å². The van der Waals surface area contributed by atoms with Gasteiger partial charge >= 0.3 is 0 Å². The first kappa shape index (κ1) is 15.0. The lowest BCUT2D eigenvalue weighted by Crippen LogP contribution is -2.14. The van der Waals surface area contributed by atoms with E-state index in [1.165, 1.54) is 0 Å². The van der Waals surface area contributed by atoms with Crippen molar-refractivity contribution >= 4 is 31.6 Å². The van der Waals surface area contributed by atoms with E-state index >= 15 is 0 Å². The molecule has 0 aromatic heterocycles. The minimum Gasteiger partial charge on any atom is -0.316 e. The molecule has 0 aliphatic rings. The summed E-state index contributed by atoms with van der Waals surface area (Å²) in [5.41, 5.74) is 1.56. The van der Waals surface area contributed by atoms with Crippen molar-refractivity contribution in [3.63, 3.8) is 0 Å². The number of sulfonamides is 1. The molecular formula is C14H15BrN2O2S. The second kappa shape index (κ2) is 6.39. The van der Waals surface area contributed by atoms with Crippen molar-refractivity contribution in [1.29, 1.82) is 0 Å². The molecule has 0 unspecified atom stereocenters. The van der Waals surface area contributed by atoms with E-state index in [1.807, 2.05) is 25.2 Å². The molecule has 0 radical (unpaired) electrons. The molecule has 106 valence electrons. The maximum absolute atomic E-state index is 12.3. The van der Waals surface area contributed by atoms with Crippen molar-refractivity contribution in [1.82, 2.24) is 5.32 Å². The standard InChI is InChI=1S/C14H15BrN2O2S/c1-16-10-11-5-4-6-12(9-11)17-20(18,19)14-8-3-2-7-13(14)15/h2-9,16-17H,10H2,1H3. The molecule has 0 saturated carbocycles. The third-order valence-corrected chi connectivity index (χ3v) is 5.08. The number of halogens is 1. The molecule has 0 spiro atoms. The summed E-state index contributed by atoms with van der Waals surface area (Å²) in [5.74, 6) is 0. The van der Waals surface area contributed by atoms with Crippen LogP contribution in [0.1, 0.15) is 5.56 Å². The Bertz CT molecular complexity index is 702. The summed E-state index contributed by atoms with van der Waals surface area (Å²) in [5, 5.41) is 3.03. The zero-order valence-electron chi connectivity index (χ0n) is 10.9. The van der Waals surface area contributed by atoms with Gasteiger partial charge in [-0.25, -0.2) is 8.42 Å². The van der Waals surface area contributed by atoms with E-state index in [0.717, 1.165) is 5.56 Å². The Morgan fingerprint density at radius 3 is 2.55 bits per heavy atom. The van der Waals surface area contributed by atoms with Crippen molar-refractivity contribution in [3.8, 4) is 0 Å². The smallest absolute Gasteiger partial charge is 0.263 e. The topological polar surface area (TPSA) is 58.2 Å². The van der Waals surface area contributed by atoms with E-state index < -0.39 is 10.0 Å². The summed E-state index contributed by atoms with van der Waals surface area (Å²) in [6.07, 6.45) is 0. The highest BCUT2D eigenvalue weighted by Crippen LogP contribution is 2.24. The summed E-state index contributed by atoms with van der Waals surface area (Å²) >= 11 is 3.26. The van der Waals surface area contributed by atoms with Crippen LogP contribution >= 0.6 is 15.9 Å². The lowest BCUT2D eigenvalue weighted by Gasteiger charge is -2.10. The Balaban J connectivity index is 2.29. The SMILES string of the molecule is CNCc1cccc(NS(=O)(=O)c2ccccc2Br)c1. The fraction of sp³-hybridized carbons (Fsp3) is 0.143. The largest absolute Gasteiger partial charge is 0.316 e. The van der Waals surface area contributed by atoms with E-state index in [4.69, 9.17) is 0 Å². The van der Waals surface area contributed by atoms with Crippen molar-refractivity contribution in [2.24, 2.45) is 0 Å². The molecule has 2 N–H and O–H groups in total. The Kier molecular flexibility index (Phi) is 4.80. The summed E-state index contributed by atoms with van der Waals surface area (Å²) in [6, 6.07) is 14.0. The Hall–Kier alpha value is -1.37. The molecule has 2 rings (SSSR count). The van der Waals surface area contributed by atoms with Crippen molar-refractivity contribution in [2.75, 3.05) is 11.8 Å². The minimum absolute atomic E-state index is 0.221.